The second-order valence-electron chi connectivity index (χ2n) is 8.32. The normalized spacial score (nSPS) is 12.4. The van der Waals surface area contributed by atoms with E-state index in [1.54, 1.807) is 22.9 Å². The fraction of sp³-hybridized carbons (Fsp3) is 0.346. The van der Waals surface area contributed by atoms with Gasteiger partial charge in [0.1, 0.15) is 17.4 Å². The average molecular weight is 472 g/mol. The lowest BCUT2D eigenvalue weighted by atomic mass is 10.2. The van der Waals surface area contributed by atoms with Gasteiger partial charge in [-0.15, -0.1) is 6.58 Å². The van der Waals surface area contributed by atoms with Gasteiger partial charge in [0.15, 0.2) is 0 Å². The zero-order valence-corrected chi connectivity index (χ0v) is 19.7. The Balaban J connectivity index is 1.94. The quantitative estimate of drug-likeness (QED) is 0.297. The predicted molar refractivity (Wildman–Crippen MR) is 127 cm³/mol. The van der Waals surface area contributed by atoms with E-state index in [-0.39, 0.29) is 24.3 Å². The van der Waals surface area contributed by atoms with Gasteiger partial charge in [-0.25, -0.2) is 13.5 Å². The van der Waals surface area contributed by atoms with Crippen molar-refractivity contribution in [2.45, 2.75) is 39.5 Å². The largest absolute Gasteiger partial charge is 0.439 e. The molecule has 0 aliphatic carbocycles. The molecule has 3 aromatic rings. The molecule has 6 nitrogen and oxygen atoms in total. The number of ether oxygens (including phenoxy) is 2. The summed E-state index contributed by atoms with van der Waals surface area (Å²) in [5.41, 5.74) is 2.16. The fourth-order valence-electron chi connectivity index (χ4n) is 3.47. The second kappa shape index (κ2) is 11.9. The Morgan fingerprint density at radius 3 is 2.29 bits per heavy atom. The van der Waals surface area contributed by atoms with Crippen LogP contribution in [-0.4, -0.2) is 51.7 Å². The van der Waals surface area contributed by atoms with Crippen LogP contribution >= 0.6 is 0 Å². The lowest BCUT2D eigenvalue weighted by Crippen LogP contribution is -2.39. The Kier molecular flexibility index (Phi) is 8.92. The van der Waals surface area contributed by atoms with Crippen LogP contribution in [0.5, 0.6) is 11.6 Å². The highest BCUT2D eigenvalue weighted by Gasteiger charge is 2.24. The third kappa shape index (κ3) is 6.72. The SMILES string of the molecule is C=CCOC[C@@H](O)CN(Cc1c(C)nn(-c2ccc(F)cc2)c1Oc1ccc(F)cc1)C(C)C. The van der Waals surface area contributed by atoms with Crippen LogP contribution in [0.3, 0.4) is 0 Å². The topological polar surface area (TPSA) is 59.8 Å². The molecule has 1 N–H and O–H groups in total. The van der Waals surface area contributed by atoms with Gasteiger partial charge in [0.2, 0.25) is 5.88 Å². The molecular formula is C26H31F2N3O3. The van der Waals surface area contributed by atoms with Crippen LogP contribution in [0.25, 0.3) is 5.69 Å². The van der Waals surface area contributed by atoms with Crippen molar-refractivity contribution in [3.8, 4) is 17.3 Å². The Morgan fingerprint density at radius 2 is 1.71 bits per heavy atom. The molecule has 0 radical (unpaired) electrons. The first-order chi connectivity index (χ1) is 16.3. The first kappa shape index (κ1) is 25.6. The maximum Gasteiger partial charge on any atom is 0.227 e. The molecule has 1 aromatic heterocycles. The summed E-state index contributed by atoms with van der Waals surface area (Å²) in [5.74, 6) is 0.167. The molecule has 0 aliphatic rings. The van der Waals surface area contributed by atoms with Crippen LogP contribution in [0.15, 0.2) is 61.2 Å². The summed E-state index contributed by atoms with van der Waals surface area (Å²) in [6.45, 7) is 11.0. The average Bonchev–Trinajstić information content (AvgIpc) is 3.10. The van der Waals surface area contributed by atoms with Crippen molar-refractivity contribution < 1.29 is 23.4 Å². The third-order valence-electron chi connectivity index (χ3n) is 5.32. The summed E-state index contributed by atoms with van der Waals surface area (Å²) in [7, 11) is 0. The number of halogens is 2. The van der Waals surface area contributed by atoms with Crippen LogP contribution in [0.1, 0.15) is 25.1 Å². The van der Waals surface area contributed by atoms with E-state index in [4.69, 9.17) is 9.47 Å². The van der Waals surface area contributed by atoms with Crippen LogP contribution in [-0.2, 0) is 11.3 Å². The molecule has 1 heterocycles. The lowest BCUT2D eigenvalue weighted by Gasteiger charge is -2.29. The summed E-state index contributed by atoms with van der Waals surface area (Å²) in [6, 6.07) is 11.8. The van der Waals surface area contributed by atoms with Crippen LogP contribution in [0, 0.1) is 18.6 Å². The molecule has 0 bridgehead atoms. The maximum atomic E-state index is 13.5. The zero-order chi connectivity index (χ0) is 24.7. The van der Waals surface area contributed by atoms with E-state index in [2.05, 4.69) is 16.6 Å². The van der Waals surface area contributed by atoms with Crippen LogP contribution < -0.4 is 4.74 Å². The molecule has 1 atom stereocenters. The Labute approximate surface area is 199 Å². The highest BCUT2D eigenvalue weighted by atomic mass is 19.1. The first-order valence-electron chi connectivity index (χ1n) is 11.2. The Hall–Kier alpha value is -3.07. The van der Waals surface area contributed by atoms with Gasteiger partial charge in [-0.1, -0.05) is 6.08 Å². The summed E-state index contributed by atoms with van der Waals surface area (Å²) in [6.07, 6.45) is 0.954. The molecule has 34 heavy (non-hydrogen) atoms. The van der Waals surface area contributed by atoms with E-state index in [0.29, 0.717) is 37.0 Å². The number of benzene rings is 2. The molecule has 0 aliphatic heterocycles. The molecule has 0 spiro atoms. The van der Waals surface area contributed by atoms with Gasteiger partial charge in [-0.05, 0) is 69.3 Å². The van der Waals surface area contributed by atoms with Crippen molar-refractivity contribution in [1.29, 1.82) is 0 Å². The van der Waals surface area contributed by atoms with Gasteiger partial charge < -0.3 is 14.6 Å². The van der Waals surface area contributed by atoms with Gasteiger partial charge in [0.05, 0.1) is 36.3 Å². The van der Waals surface area contributed by atoms with E-state index in [1.807, 2.05) is 20.8 Å². The van der Waals surface area contributed by atoms with Crippen LogP contribution in [0.2, 0.25) is 0 Å². The number of hydrogen-bond donors (Lipinski definition) is 1. The molecule has 0 saturated carbocycles. The van der Waals surface area contributed by atoms with Crippen molar-refractivity contribution >= 4 is 0 Å². The van der Waals surface area contributed by atoms with Crippen molar-refractivity contribution in [3.05, 3.63) is 84.1 Å². The summed E-state index contributed by atoms with van der Waals surface area (Å²) in [4.78, 5) is 2.10. The maximum absolute atomic E-state index is 13.5. The number of rotatable bonds is 12. The number of nitrogens with zero attached hydrogens (tertiary/aromatic N) is 3. The van der Waals surface area contributed by atoms with Gasteiger partial charge in [-0.3, -0.25) is 4.90 Å². The van der Waals surface area contributed by atoms with Crippen molar-refractivity contribution in [1.82, 2.24) is 14.7 Å². The number of aromatic nitrogens is 2. The molecule has 2 aromatic carbocycles. The molecule has 0 unspecified atom stereocenters. The third-order valence-corrected chi connectivity index (χ3v) is 5.32. The molecule has 0 amide bonds. The smallest absolute Gasteiger partial charge is 0.227 e. The minimum absolute atomic E-state index is 0.112. The van der Waals surface area contributed by atoms with Gasteiger partial charge in [-0.2, -0.15) is 5.10 Å². The Morgan fingerprint density at radius 1 is 1.09 bits per heavy atom. The van der Waals surface area contributed by atoms with E-state index >= 15 is 0 Å². The number of aliphatic hydroxyl groups excluding tert-OH is 1. The molecule has 3 rings (SSSR count). The van der Waals surface area contributed by atoms with E-state index < -0.39 is 6.10 Å². The fourth-order valence-corrected chi connectivity index (χ4v) is 3.47. The Bertz CT molecular complexity index is 1070. The highest BCUT2D eigenvalue weighted by Crippen LogP contribution is 2.32. The summed E-state index contributed by atoms with van der Waals surface area (Å²) < 4.78 is 40.1. The van der Waals surface area contributed by atoms with E-state index in [9.17, 15) is 13.9 Å². The molecule has 0 fully saturated rings. The number of aliphatic hydroxyl groups is 1. The van der Waals surface area contributed by atoms with Crippen molar-refractivity contribution in [3.63, 3.8) is 0 Å². The van der Waals surface area contributed by atoms with Gasteiger partial charge in [0.25, 0.3) is 0 Å². The van der Waals surface area contributed by atoms with Gasteiger partial charge in [0, 0.05) is 19.1 Å². The summed E-state index contributed by atoms with van der Waals surface area (Å²) >= 11 is 0. The predicted octanol–water partition coefficient (Wildman–Crippen LogP) is 5.03. The monoisotopic (exact) mass is 471 g/mol. The van der Waals surface area contributed by atoms with Gasteiger partial charge >= 0.3 is 0 Å². The zero-order valence-electron chi connectivity index (χ0n) is 19.7. The minimum atomic E-state index is -0.684. The van der Waals surface area contributed by atoms with E-state index in [0.717, 1.165) is 11.3 Å². The molecule has 8 heteroatoms. The van der Waals surface area contributed by atoms with E-state index in [1.165, 1.54) is 36.4 Å². The van der Waals surface area contributed by atoms with Crippen LogP contribution in [0.4, 0.5) is 8.78 Å². The lowest BCUT2D eigenvalue weighted by molar-refractivity contribution is 0.0177. The first-order valence-corrected chi connectivity index (χ1v) is 11.2. The molecule has 182 valence electrons. The number of aryl methyl sites for hydroxylation is 1. The minimum Gasteiger partial charge on any atom is -0.439 e. The summed E-state index contributed by atoms with van der Waals surface area (Å²) in [5, 5.41) is 15.1. The van der Waals surface area contributed by atoms with Crippen molar-refractivity contribution in [2.24, 2.45) is 0 Å². The highest BCUT2D eigenvalue weighted by molar-refractivity contribution is 5.43. The number of hydrogen-bond acceptors (Lipinski definition) is 5. The molecule has 0 saturated heterocycles. The van der Waals surface area contributed by atoms with Crippen molar-refractivity contribution in [2.75, 3.05) is 19.8 Å². The second-order valence-corrected chi connectivity index (χ2v) is 8.32. The molecular weight excluding hydrogens is 440 g/mol. The standard InChI is InChI=1S/C26H31F2N3O3/c1-5-14-33-17-23(32)15-30(18(2)3)16-25-19(4)29-31(22-10-6-20(27)7-11-22)26(25)34-24-12-8-21(28)9-13-24/h5-13,18,23,32H,1,14-17H2,2-4H3/t23-/m0/s1.